The Morgan fingerprint density at radius 2 is 2.20 bits per heavy atom. The molecular weight excluding hydrogens is 250 g/mol. The summed E-state index contributed by atoms with van der Waals surface area (Å²) in [4.78, 5) is 0. The van der Waals surface area contributed by atoms with Crippen LogP contribution in [0.5, 0.6) is 5.75 Å². The first kappa shape index (κ1) is 15.3. The highest BCUT2D eigenvalue weighted by Gasteiger charge is 2.27. The van der Waals surface area contributed by atoms with E-state index in [-0.39, 0.29) is 11.6 Å². The zero-order valence-electron chi connectivity index (χ0n) is 13.2. The highest BCUT2D eigenvalue weighted by atomic mass is 16.5. The number of nitrogens with one attached hydrogen (secondary N) is 1. The zero-order chi connectivity index (χ0) is 14.6. The number of fused-ring (bicyclic) bond motifs is 1. The van der Waals surface area contributed by atoms with Gasteiger partial charge >= 0.3 is 0 Å². The number of hydrogen-bond donors (Lipinski definition) is 1. The largest absolute Gasteiger partial charge is 0.493 e. The van der Waals surface area contributed by atoms with Crippen LogP contribution in [0.15, 0.2) is 18.2 Å². The van der Waals surface area contributed by atoms with Gasteiger partial charge < -0.3 is 14.8 Å². The van der Waals surface area contributed by atoms with Crippen LogP contribution in [0.1, 0.15) is 50.8 Å². The molecule has 3 nitrogen and oxygen atoms in total. The van der Waals surface area contributed by atoms with Gasteiger partial charge in [0.15, 0.2) is 0 Å². The molecule has 1 atom stereocenters. The molecule has 1 heterocycles. The van der Waals surface area contributed by atoms with Gasteiger partial charge in [0.1, 0.15) is 5.75 Å². The third-order valence-electron chi connectivity index (χ3n) is 4.04. The number of para-hydroxylation sites is 1. The molecule has 0 saturated heterocycles. The van der Waals surface area contributed by atoms with Crippen LogP contribution in [0.3, 0.4) is 0 Å². The summed E-state index contributed by atoms with van der Waals surface area (Å²) in [6.45, 7) is 8.18. The van der Waals surface area contributed by atoms with Crippen molar-refractivity contribution in [2.45, 2.75) is 51.7 Å². The third kappa shape index (κ3) is 3.53. The molecule has 0 saturated carbocycles. The van der Waals surface area contributed by atoms with E-state index in [2.05, 4.69) is 44.3 Å². The lowest BCUT2D eigenvalue weighted by atomic mass is 9.90. The van der Waals surface area contributed by atoms with E-state index >= 15 is 0 Å². The van der Waals surface area contributed by atoms with Crippen LogP contribution < -0.4 is 10.1 Å². The SMILES string of the molecule is CCNC(CC(C)(C)OC)c1cccc2c1OCCC2. The van der Waals surface area contributed by atoms with E-state index in [4.69, 9.17) is 9.47 Å². The maximum absolute atomic E-state index is 5.95. The normalized spacial score (nSPS) is 16.4. The first-order chi connectivity index (χ1) is 9.57. The molecule has 0 aromatic heterocycles. The fourth-order valence-electron chi connectivity index (χ4n) is 2.80. The molecule has 0 bridgehead atoms. The Morgan fingerprint density at radius 1 is 1.40 bits per heavy atom. The Balaban J connectivity index is 2.29. The lowest BCUT2D eigenvalue weighted by Gasteiger charge is -2.31. The molecule has 0 spiro atoms. The first-order valence-corrected chi connectivity index (χ1v) is 7.60. The van der Waals surface area contributed by atoms with Crippen molar-refractivity contribution in [1.82, 2.24) is 5.32 Å². The van der Waals surface area contributed by atoms with E-state index < -0.39 is 0 Å². The number of hydrogen-bond acceptors (Lipinski definition) is 3. The van der Waals surface area contributed by atoms with Gasteiger partial charge in [-0.15, -0.1) is 0 Å². The maximum atomic E-state index is 5.95. The van der Waals surface area contributed by atoms with Crippen molar-refractivity contribution in [3.05, 3.63) is 29.3 Å². The Kier molecular flexibility index (Phi) is 5.06. The van der Waals surface area contributed by atoms with Crippen molar-refractivity contribution in [1.29, 1.82) is 0 Å². The third-order valence-corrected chi connectivity index (χ3v) is 4.04. The molecule has 3 heteroatoms. The van der Waals surface area contributed by atoms with Crippen molar-refractivity contribution in [3.63, 3.8) is 0 Å². The van der Waals surface area contributed by atoms with E-state index in [1.54, 1.807) is 7.11 Å². The minimum absolute atomic E-state index is 0.149. The van der Waals surface area contributed by atoms with Gasteiger partial charge in [-0.25, -0.2) is 0 Å². The number of aryl methyl sites for hydroxylation is 1. The quantitative estimate of drug-likeness (QED) is 0.863. The summed E-state index contributed by atoms with van der Waals surface area (Å²) < 4.78 is 11.5. The Bertz CT molecular complexity index is 443. The summed E-state index contributed by atoms with van der Waals surface area (Å²) in [6.07, 6.45) is 3.17. The summed E-state index contributed by atoms with van der Waals surface area (Å²) >= 11 is 0. The molecule has 1 N–H and O–H groups in total. The van der Waals surface area contributed by atoms with E-state index in [1.807, 2.05) is 0 Å². The van der Waals surface area contributed by atoms with Crippen LogP contribution >= 0.6 is 0 Å². The summed E-state index contributed by atoms with van der Waals surface area (Å²) in [7, 11) is 1.78. The number of methoxy groups -OCH3 is 1. The fraction of sp³-hybridized carbons (Fsp3) is 0.647. The van der Waals surface area contributed by atoms with Gasteiger partial charge in [-0.05, 0) is 45.2 Å². The molecule has 1 aliphatic rings. The molecule has 0 amide bonds. The van der Waals surface area contributed by atoms with Crippen LogP contribution in [-0.2, 0) is 11.2 Å². The average molecular weight is 277 g/mol. The number of rotatable bonds is 6. The minimum atomic E-state index is -0.149. The van der Waals surface area contributed by atoms with Gasteiger partial charge in [-0.1, -0.05) is 25.1 Å². The molecule has 1 aromatic carbocycles. The van der Waals surface area contributed by atoms with Gasteiger partial charge in [-0.2, -0.15) is 0 Å². The second kappa shape index (κ2) is 6.59. The average Bonchev–Trinajstić information content (AvgIpc) is 2.46. The van der Waals surface area contributed by atoms with Crippen LogP contribution in [0.25, 0.3) is 0 Å². The Morgan fingerprint density at radius 3 is 2.90 bits per heavy atom. The number of benzene rings is 1. The molecule has 1 aliphatic heterocycles. The Hall–Kier alpha value is -1.06. The van der Waals surface area contributed by atoms with Gasteiger partial charge in [0.05, 0.1) is 12.2 Å². The standard InChI is InChI=1S/C17H27NO2/c1-5-18-15(12-17(2,3)19-4)14-10-6-8-13-9-7-11-20-16(13)14/h6,8,10,15,18H,5,7,9,11-12H2,1-4H3. The van der Waals surface area contributed by atoms with E-state index in [0.717, 1.165) is 38.2 Å². The van der Waals surface area contributed by atoms with Crippen molar-refractivity contribution in [2.24, 2.45) is 0 Å². The van der Waals surface area contributed by atoms with Gasteiger partial charge in [0.2, 0.25) is 0 Å². The van der Waals surface area contributed by atoms with Gasteiger partial charge in [0.25, 0.3) is 0 Å². The molecule has 1 aromatic rings. The molecular formula is C17H27NO2. The lowest BCUT2D eigenvalue weighted by Crippen LogP contribution is -2.32. The minimum Gasteiger partial charge on any atom is -0.493 e. The monoisotopic (exact) mass is 277 g/mol. The van der Waals surface area contributed by atoms with Crippen LogP contribution in [0.2, 0.25) is 0 Å². The zero-order valence-corrected chi connectivity index (χ0v) is 13.2. The van der Waals surface area contributed by atoms with E-state index in [0.29, 0.717) is 0 Å². The van der Waals surface area contributed by atoms with Crippen molar-refractivity contribution in [2.75, 3.05) is 20.3 Å². The van der Waals surface area contributed by atoms with Crippen LogP contribution in [-0.4, -0.2) is 25.9 Å². The number of ether oxygens (including phenoxy) is 2. The van der Waals surface area contributed by atoms with Crippen molar-refractivity contribution < 1.29 is 9.47 Å². The summed E-state index contributed by atoms with van der Waals surface area (Å²) in [5.41, 5.74) is 2.46. The molecule has 20 heavy (non-hydrogen) atoms. The lowest BCUT2D eigenvalue weighted by molar-refractivity contribution is 0.00673. The van der Waals surface area contributed by atoms with Crippen molar-refractivity contribution in [3.8, 4) is 5.75 Å². The molecule has 0 fully saturated rings. The first-order valence-electron chi connectivity index (χ1n) is 7.60. The topological polar surface area (TPSA) is 30.5 Å². The van der Waals surface area contributed by atoms with E-state index in [1.165, 1.54) is 11.1 Å². The second-order valence-corrected chi connectivity index (χ2v) is 6.07. The molecule has 1 unspecified atom stereocenters. The predicted molar refractivity (Wildman–Crippen MR) is 82.4 cm³/mol. The summed E-state index contributed by atoms with van der Waals surface area (Å²) in [5.74, 6) is 1.09. The molecule has 0 radical (unpaired) electrons. The maximum Gasteiger partial charge on any atom is 0.127 e. The van der Waals surface area contributed by atoms with Crippen molar-refractivity contribution >= 4 is 0 Å². The molecule has 0 aliphatic carbocycles. The highest BCUT2D eigenvalue weighted by molar-refractivity contribution is 5.44. The van der Waals surface area contributed by atoms with Gasteiger partial charge in [0, 0.05) is 18.7 Å². The van der Waals surface area contributed by atoms with Gasteiger partial charge in [-0.3, -0.25) is 0 Å². The highest BCUT2D eigenvalue weighted by Crippen LogP contribution is 2.36. The molecule has 112 valence electrons. The fourth-order valence-corrected chi connectivity index (χ4v) is 2.80. The van der Waals surface area contributed by atoms with E-state index in [9.17, 15) is 0 Å². The Labute approximate surface area is 122 Å². The van der Waals surface area contributed by atoms with Crippen LogP contribution in [0, 0.1) is 0 Å². The smallest absolute Gasteiger partial charge is 0.127 e. The predicted octanol–water partition coefficient (Wildman–Crippen LogP) is 3.48. The molecule has 2 rings (SSSR count). The van der Waals surface area contributed by atoms with Crippen LogP contribution in [0.4, 0.5) is 0 Å². The second-order valence-electron chi connectivity index (χ2n) is 6.07. The summed E-state index contributed by atoms with van der Waals surface area (Å²) in [5, 5.41) is 3.58. The summed E-state index contributed by atoms with van der Waals surface area (Å²) in [6, 6.07) is 6.78.